The predicted octanol–water partition coefficient (Wildman–Crippen LogP) is 3.20. The zero-order valence-electron chi connectivity index (χ0n) is 8.83. The molecule has 1 N–H and O–H groups in total. The van der Waals surface area contributed by atoms with E-state index >= 15 is 0 Å². The van der Waals surface area contributed by atoms with Crippen LogP contribution in [0.15, 0.2) is 36.4 Å². The molecule has 1 heterocycles. The molecule has 0 spiro atoms. The number of rotatable bonds is 2. The Hall–Kier alpha value is -1.57. The number of pyridine rings is 1. The summed E-state index contributed by atoms with van der Waals surface area (Å²) in [5, 5.41) is 4.67. The lowest BCUT2D eigenvalue weighted by Gasteiger charge is -2.12. The molecule has 0 saturated heterocycles. The van der Waals surface area contributed by atoms with Crippen LogP contribution in [0.1, 0.15) is 19.8 Å². The number of anilines is 1. The Morgan fingerprint density at radius 2 is 1.93 bits per heavy atom. The first-order chi connectivity index (χ1) is 7.25. The van der Waals surface area contributed by atoms with Gasteiger partial charge in [0.15, 0.2) is 0 Å². The molecule has 1 saturated carbocycles. The Kier molecular flexibility index (Phi) is 1.72. The fourth-order valence-corrected chi connectivity index (χ4v) is 1.76. The van der Waals surface area contributed by atoms with Gasteiger partial charge in [-0.2, -0.15) is 0 Å². The smallest absolute Gasteiger partial charge is 0.127 e. The van der Waals surface area contributed by atoms with Gasteiger partial charge in [0, 0.05) is 10.9 Å². The van der Waals surface area contributed by atoms with Crippen molar-refractivity contribution in [2.24, 2.45) is 0 Å². The quantitative estimate of drug-likeness (QED) is 0.801. The van der Waals surface area contributed by atoms with Crippen molar-refractivity contribution in [3.63, 3.8) is 0 Å². The van der Waals surface area contributed by atoms with Crippen molar-refractivity contribution in [1.82, 2.24) is 4.98 Å². The Balaban J connectivity index is 1.99. The standard InChI is InChI=1S/C13H14N2/c1-13(8-9-13)15-12-7-6-10-4-2-3-5-11(10)14-12/h2-7H,8-9H2,1H3,(H,14,15). The van der Waals surface area contributed by atoms with Gasteiger partial charge in [0.1, 0.15) is 5.82 Å². The number of para-hydroxylation sites is 1. The van der Waals surface area contributed by atoms with E-state index < -0.39 is 0 Å². The van der Waals surface area contributed by atoms with E-state index in [9.17, 15) is 0 Å². The summed E-state index contributed by atoms with van der Waals surface area (Å²) >= 11 is 0. The van der Waals surface area contributed by atoms with Gasteiger partial charge in [0.05, 0.1) is 5.52 Å². The van der Waals surface area contributed by atoms with Crippen LogP contribution < -0.4 is 5.32 Å². The maximum atomic E-state index is 4.59. The largest absolute Gasteiger partial charge is 0.365 e. The van der Waals surface area contributed by atoms with E-state index in [1.54, 1.807) is 0 Å². The summed E-state index contributed by atoms with van der Waals surface area (Å²) in [7, 11) is 0. The number of hydrogen-bond donors (Lipinski definition) is 1. The molecular formula is C13H14N2. The molecule has 1 aromatic heterocycles. The first kappa shape index (κ1) is 8.72. The molecular weight excluding hydrogens is 184 g/mol. The molecule has 0 bridgehead atoms. The molecule has 0 unspecified atom stereocenters. The number of hydrogen-bond acceptors (Lipinski definition) is 2. The average Bonchev–Trinajstić information content (AvgIpc) is 2.96. The van der Waals surface area contributed by atoms with Crippen LogP contribution in [0.3, 0.4) is 0 Å². The Labute approximate surface area is 89.3 Å². The average molecular weight is 198 g/mol. The normalized spacial score (nSPS) is 17.7. The number of nitrogens with zero attached hydrogens (tertiary/aromatic N) is 1. The van der Waals surface area contributed by atoms with Crippen LogP contribution in [0.2, 0.25) is 0 Å². The minimum atomic E-state index is 0.301. The first-order valence-electron chi connectivity index (χ1n) is 5.39. The zero-order chi connectivity index (χ0) is 10.3. The highest BCUT2D eigenvalue weighted by Gasteiger charge is 2.37. The molecule has 0 atom stereocenters. The fraction of sp³-hybridized carbons (Fsp3) is 0.308. The van der Waals surface area contributed by atoms with Crippen molar-refractivity contribution in [3.05, 3.63) is 36.4 Å². The molecule has 0 radical (unpaired) electrons. The second-order valence-electron chi connectivity index (χ2n) is 4.57. The van der Waals surface area contributed by atoms with Gasteiger partial charge in [0.25, 0.3) is 0 Å². The third-order valence-electron chi connectivity index (χ3n) is 3.03. The number of nitrogens with one attached hydrogen (secondary N) is 1. The van der Waals surface area contributed by atoms with Crippen LogP contribution in [0.5, 0.6) is 0 Å². The molecule has 15 heavy (non-hydrogen) atoms. The van der Waals surface area contributed by atoms with Gasteiger partial charge in [-0.25, -0.2) is 4.98 Å². The Bertz CT molecular complexity index is 501. The van der Waals surface area contributed by atoms with E-state index in [0.29, 0.717) is 5.54 Å². The van der Waals surface area contributed by atoms with E-state index in [-0.39, 0.29) is 0 Å². The molecule has 1 aliphatic rings. The summed E-state index contributed by atoms with van der Waals surface area (Å²) in [6, 6.07) is 12.4. The molecule has 1 aliphatic carbocycles. The van der Waals surface area contributed by atoms with E-state index in [1.807, 2.05) is 12.1 Å². The van der Waals surface area contributed by atoms with Crippen LogP contribution in [-0.4, -0.2) is 10.5 Å². The second kappa shape index (κ2) is 2.96. The van der Waals surface area contributed by atoms with Crippen molar-refractivity contribution < 1.29 is 0 Å². The highest BCUT2D eigenvalue weighted by atomic mass is 15.1. The zero-order valence-corrected chi connectivity index (χ0v) is 8.83. The summed E-state index contributed by atoms with van der Waals surface area (Å²) in [4.78, 5) is 4.59. The number of fused-ring (bicyclic) bond motifs is 1. The van der Waals surface area contributed by atoms with E-state index in [2.05, 4.69) is 41.5 Å². The number of benzene rings is 1. The Morgan fingerprint density at radius 1 is 1.13 bits per heavy atom. The topological polar surface area (TPSA) is 24.9 Å². The third kappa shape index (κ3) is 1.67. The predicted molar refractivity (Wildman–Crippen MR) is 63.0 cm³/mol. The van der Waals surface area contributed by atoms with Crippen LogP contribution >= 0.6 is 0 Å². The number of aromatic nitrogens is 1. The van der Waals surface area contributed by atoms with Gasteiger partial charge < -0.3 is 5.32 Å². The molecule has 2 nitrogen and oxygen atoms in total. The van der Waals surface area contributed by atoms with E-state index in [0.717, 1.165) is 11.3 Å². The maximum absolute atomic E-state index is 4.59. The molecule has 76 valence electrons. The molecule has 2 heteroatoms. The Morgan fingerprint density at radius 3 is 2.73 bits per heavy atom. The van der Waals surface area contributed by atoms with Crippen molar-refractivity contribution in [3.8, 4) is 0 Å². The summed E-state index contributed by atoms with van der Waals surface area (Å²) < 4.78 is 0. The summed E-state index contributed by atoms with van der Waals surface area (Å²) in [6.45, 7) is 2.24. The molecule has 1 aromatic carbocycles. The van der Waals surface area contributed by atoms with Crippen LogP contribution in [0, 0.1) is 0 Å². The fourth-order valence-electron chi connectivity index (χ4n) is 1.76. The lowest BCUT2D eigenvalue weighted by Crippen LogP contribution is -2.16. The van der Waals surface area contributed by atoms with E-state index in [1.165, 1.54) is 18.2 Å². The molecule has 0 aliphatic heterocycles. The summed E-state index contributed by atoms with van der Waals surface area (Å²) in [6.07, 6.45) is 2.50. The molecule has 1 fully saturated rings. The molecule has 3 rings (SSSR count). The molecule has 0 amide bonds. The van der Waals surface area contributed by atoms with Crippen LogP contribution in [0.25, 0.3) is 10.9 Å². The highest BCUT2D eigenvalue weighted by Crippen LogP contribution is 2.37. The van der Waals surface area contributed by atoms with Crippen molar-refractivity contribution in [1.29, 1.82) is 0 Å². The lowest BCUT2D eigenvalue weighted by molar-refractivity contribution is 0.822. The SMILES string of the molecule is CC1(Nc2ccc3ccccc3n2)CC1. The monoisotopic (exact) mass is 198 g/mol. The minimum absolute atomic E-state index is 0.301. The highest BCUT2D eigenvalue weighted by molar-refractivity contribution is 5.80. The molecule has 2 aromatic rings. The van der Waals surface area contributed by atoms with E-state index in [4.69, 9.17) is 0 Å². The van der Waals surface area contributed by atoms with Crippen LogP contribution in [0.4, 0.5) is 5.82 Å². The second-order valence-corrected chi connectivity index (χ2v) is 4.57. The summed E-state index contributed by atoms with van der Waals surface area (Å²) in [5.41, 5.74) is 1.36. The summed E-state index contributed by atoms with van der Waals surface area (Å²) in [5.74, 6) is 0.994. The van der Waals surface area contributed by atoms with Crippen molar-refractivity contribution >= 4 is 16.7 Å². The lowest BCUT2D eigenvalue weighted by atomic mass is 10.2. The van der Waals surface area contributed by atoms with Gasteiger partial charge >= 0.3 is 0 Å². The van der Waals surface area contributed by atoms with Crippen molar-refractivity contribution in [2.45, 2.75) is 25.3 Å². The van der Waals surface area contributed by atoms with Gasteiger partial charge in [-0.1, -0.05) is 18.2 Å². The third-order valence-corrected chi connectivity index (χ3v) is 3.03. The minimum Gasteiger partial charge on any atom is -0.365 e. The maximum Gasteiger partial charge on any atom is 0.127 e. The van der Waals surface area contributed by atoms with Gasteiger partial charge in [-0.3, -0.25) is 0 Å². The first-order valence-corrected chi connectivity index (χ1v) is 5.39. The van der Waals surface area contributed by atoms with Gasteiger partial charge in [-0.15, -0.1) is 0 Å². The van der Waals surface area contributed by atoms with Crippen LogP contribution in [-0.2, 0) is 0 Å². The van der Waals surface area contributed by atoms with Crippen molar-refractivity contribution in [2.75, 3.05) is 5.32 Å². The van der Waals surface area contributed by atoms with Gasteiger partial charge in [0.2, 0.25) is 0 Å². The van der Waals surface area contributed by atoms with Gasteiger partial charge in [-0.05, 0) is 38.0 Å².